The first-order valence-electron chi connectivity index (χ1n) is 3.84. The highest BCUT2D eigenvalue weighted by Gasteiger charge is 2.65. The van der Waals surface area contributed by atoms with Gasteiger partial charge in [0.2, 0.25) is 0 Å². The summed E-state index contributed by atoms with van der Waals surface area (Å²) in [6.45, 7) is 0. The Bertz CT molecular complexity index is 358. The first-order valence-corrected chi connectivity index (χ1v) is 3.84. The summed E-state index contributed by atoms with van der Waals surface area (Å²) in [5.74, 6) is -3.02. The molecule has 0 aliphatic heterocycles. The third-order valence-electron chi connectivity index (χ3n) is 2.79. The van der Waals surface area contributed by atoms with Gasteiger partial charge in [-0.15, -0.1) is 0 Å². The Morgan fingerprint density at radius 3 is 3.00 bits per heavy atom. The van der Waals surface area contributed by atoms with Crippen LogP contribution in [0, 0.1) is 5.92 Å². The van der Waals surface area contributed by atoms with Crippen LogP contribution in [-0.4, -0.2) is 10.2 Å². The fourth-order valence-electron chi connectivity index (χ4n) is 2.09. The number of halogens is 2. The normalized spacial score (nSPS) is 34.5. The molecule has 1 saturated carbocycles. The zero-order chi connectivity index (χ0) is 8.51. The molecule has 1 fully saturated rings. The van der Waals surface area contributed by atoms with Crippen LogP contribution in [0.25, 0.3) is 0 Å². The van der Waals surface area contributed by atoms with Gasteiger partial charge in [-0.1, -0.05) is 0 Å². The number of aromatic nitrogens is 2. The van der Waals surface area contributed by atoms with Crippen LogP contribution in [0.5, 0.6) is 0 Å². The number of fused-ring (bicyclic) bond motifs is 3. The van der Waals surface area contributed by atoms with E-state index in [1.54, 1.807) is 0 Å². The highest BCUT2D eigenvalue weighted by Crippen LogP contribution is 2.67. The van der Waals surface area contributed by atoms with Gasteiger partial charge in [0.25, 0.3) is 5.92 Å². The van der Waals surface area contributed by atoms with Gasteiger partial charge < -0.3 is 5.73 Å². The van der Waals surface area contributed by atoms with Gasteiger partial charge in [-0.2, -0.15) is 13.9 Å². The maximum absolute atomic E-state index is 13.3. The van der Waals surface area contributed by atoms with Crippen molar-refractivity contribution in [1.82, 2.24) is 10.2 Å². The van der Waals surface area contributed by atoms with E-state index < -0.39 is 11.8 Å². The Hall–Kier alpha value is -1.13. The van der Waals surface area contributed by atoms with E-state index in [-0.39, 0.29) is 17.4 Å². The number of hydrogen-bond donors (Lipinski definition) is 2. The number of nitrogens with zero attached hydrogens (tertiary/aromatic N) is 1. The van der Waals surface area contributed by atoms with Gasteiger partial charge in [-0.3, -0.25) is 5.10 Å². The summed E-state index contributed by atoms with van der Waals surface area (Å²) in [5, 5.41) is 5.90. The summed E-state index contributed by atoms with van der Waals surface area (Å²) in [4.78, 5) is 0. The standard InChI is InChI=1S/C7H7F2N3/c8-7(9)3-1-2(3)4-5(7)11-12-6(4)10/h2-3H,1H2,(H3,10,11,12)/t2-,3?/m0/s1. The van der Waals surface area contributed by atoms with Gasteiger partial charge in [0.05, 0.1) is 0 Å². The fraction of sp³-hybridized carbons (Fsp3) is 0.571. The fourth-order valence-corrected chi connectivity index (χ4v) is 2.09. The first kappa shape index (κ1) is 6.39. The van der Waals surface area contributed by atoms with E-state index in [0.717, 1.165) is 0 Å². The van der Waals surface area contributed by atoms with Crippen molar-refractivity contribution in [2.24, 2.45) is 5.92 Å². The lowest BCUT2D eigenvalue weighted by Gasteiger charge is -2.09. The van der Waals surface area contributed by atoms with E-state index >= 15 is 0 Å². The second-order valence-electron chi connectivity index (χ2n) is 3.47. The molecular weight excluding hydrogens is 164 g/mol. The van der Waals surface area contributed by atoms with Crippen LogP contribution < -0.4 is 5.73 Å². The minimum absolute atomic E-state index is 0.0336. The number of anilines is 1. The Morgan fingerprint density at radius 1 is 1.58 bits per heavy atom. The van der Waals surface area contributed by atoms with Gasteiger partial charge in [-0.25, -0.2) is 0 Å². The molecule has 0 radical (unpaired) electrons. The minimum Gasteiger partial charge on any atom is -0.382 e. The van der Waals surface area contributed by atoms with Crippen molar-refractivity contribution in [3.63, 3.8) is 0 Å². The Morgan fingerprint density at radius 2 is 2.33 bits per heavy atom. The molecular formula is C7H7F2N3. The van der Waals surface area contributed by atoms with Gasteiger partial charge in [0, 0.05) is 11.5 Å². The van der Waals surface area contributed by atoms with Crippen molar-refractivity contribution in [2.45, 2.75) is 18.3 Å². The molecule has 2 aliphatic rings. The number of rotatable bonds is 0. The van der Waals surface area contributed by atoms with Gasteiger partial charge in [0.1, 0.15) is 11.5 Å². The van der Waals surface area contributed by atoms with Gasteiger partial charge in [0.15, 0.2) is 0 Å². The lowest BCUT2D eigenvalue weighted by molar-refractivity contribution is -0.0268. The van der Waals surface area contributed by atoms with Crippen LogP contribution >= 0.6 is 0 Å². The van der Waals surface area contributed by atoms with E-state index in [1.165, 1.54) is 0 Å². The predicted molar refractivity (Wildman–Crippen MR) is 37.7 cm³/mol. The van der Waals surface area contributed by atoms with Crippen LogP contribution in [-0.2, 0) is 5.92 Å². The van der Waals surface area contributed by atoms with Crippen molar-refractivity contribution in [1.29, 1.82) is 0 Å². The molecule has 1 aromatic rings. The van der Waals surface area contributed by atoms with Gasteiger partial charge in [-0.05, 0) is 12.3 Å². The van der Waals surface area contributed by atoms with E-state index in [0.29, 0.717) is 12.0 Å². The molecule has 5 heteroatoms. The van der Waals surface area contributed by atoms with E-state index in [1.807, 2.05) is 0 Å². The average Bonchev–Trinajstić information content (AvgIpc) is 2.64. The summed E-state index contributed by atoms with van der Waals surface area (Å²) < 4.78 is 26.5. The summed E-state index contributed by atoms with van der Waals surface area (Å²) in [6.07, 6.45) is 0.559. The molecule has 2 aliphatic carbocycles. The first-order chi connectivity index (χ1) is 5.62. The summed E-state index contributed by atoms with van der Waals surface area (Å²) in [6, 6.07) is 0. The van der Waals surface area contributed by atoms with Crippen molar-refractivity contribution in [2.75, 3.05) is 5.73 Å². The summed E-state index contributed by atoms with van der Waals surface area (Å²) in [5.41, 5.74) is 5.96. The van der Waals surface area contributed by atoms with Crippen molar-refractivity contribution < 1.29 is 8.78 Å². The molecule has 3 rings (SSSR count). The second kappa shape index (κ2) is 1.48. The van der Waals surface area contributed by atoms with Crippen molar-refractivity contribution >= 4 is 5.82 Å². The SMILES string of the molecule is Nc1n[nH]c2c1[C@H]1CC1C2(F)F. The van der Waals surface area contributed by atoms with E-state index in [9.17, 15) is 8.78 Å². The Balaban J connectivity index is 2.27. The maximum Gasteiger partial charge on any atom is 0.292 e. The molecule has 0 saturated heterocycles. The number of H-pyrrole nitrogens is 1. The average molecular weight is 171 g/mol. The lowest BCUT2D eigenvalue weighted by atomic mass is 10.1. The molecule has 1 aromatic heterocycles. The summed E-state index contributed by atoms with van der Waals surface area (Å²) >= 11 is 0. The largest absolute Gasteiger partial charge is 0.382 e. The molecule has 0 aromatic carbocycles. The van der Waals surface area contributed by atoms with Crippen LogP contribution in [0.3, 0.4) is 0 Å². The Labute approximate surface area is 66.9 Å². The number of nitrogen functional groups attached to an aromatic ring is 1. The second-order valence-corrected chi connectivity index (χ2v) is 3.47. The summed E-state index contributed by atoms with van der Waals surface area (Å²) in [7, 11) is 0. The third kappa shape index (κ3) is 0.479. The molecule has 0 bridgehead atoms. The molecule has 12 heavy (non-hydrogen) atoms. The quantitative estimate of drug-likeness (QED) is 0.616. The molecule has 0 amide bonds. The van der Waals surface area contributed by atoms with Crippen LogP contribution in [0.1, 0.15) is 23.6 Å². The highest BCUT2D eigenvalue weighted by molar-refractivity contribution is 5.54. The smallest absolute Gasteiger partial charge is 0.292 e. The number of nitrogens with one attached hydrogen (secondary N) is 1. The maximum atomic E-state index is 13.3. The number of hydrogen-bond acceptors (Lipinski definition) is 2. The number of nitrogens with two attached hydrogens (primary N) is 1. The third-order valence-corrected chi connectivity index (χ3v) is 2.79. The van der Waals surface area contributed by atoms with Crippen LogP contribution in [0.15, 0.2) is 0 Å². The predicted octanol–water partition coefficient (Wildman–Crippen LogP) is 1.20. The molecule has 1 heterocycles. The zero-order valence-corrected chi connectivity index (χ0v) is 6.14. The molecule has 1 unspecified atom stereocenters. The van der Waals surface area contributed by atoms with Crippen LogP contribution in [0.4, 0.5) is 14.6 Å². The molecule has 3 nitrogen and oxygen atoms in total. The Kier molecular flexibility index (Phi) is 0.791. The molecule has 64 valence electrons. The molecule has 3 N–H and O–H groups in total. The molecule has 0 spiro atoms. The van der Waals surface area contributed by atoms with Crippen molar-refractivity contribution in [3.8, 4) is 0 Å². The van der Waals surface area contributed by atoms with Gasteiger partial charge >= 0.3 is 0 Å². The number of alkyl halides is 2. The minimum atomic E-state index is -2.72. The highest BCUT2D eigenvalue weighted by atomic mass is 19.3. The van der Waals surface area contributed by atoms with E-state index in [4.69, 9.17) is 5.73 Å². The topological polar surface area (TPSA) is 54.7 Å². The number of aromatic amines is 1. The molecule has 2 atom stereocenters. The lowest BCUT2D eigenvalue weighted by Crippen LogP contribution is -2.13. The monoisotopic (exact) mass is 171 g/mol. The van der Waals surface area contributed by atoms with E-state index in [2.05, 4.69) is 10.2 Å². The van der Waals surface area contributed by atoms with Crippen LogP contribution in [0.2, 0.25) is 0 Å². The van der Waals surface area contributed by atoms with Crippen molar-refractivity contribution in [3.05, 3.63) is 11.3 Å². The zero-order valence-electron chi connectivity index (χ0n) is 6.14.